The van der Waals surface area contributed by atoms with Crippen LogP contribution < -0.4 is 0 Å². The third-order valence-corrected chi connectivity index (χ3v) is 5.33. The van der Waals surface area contributed by atoms with Crippen LogP contribution in [0.25, 0.3) is 0 Å². The summed E-state index contributed by atoms with van der Waals surface area (Å²) in [4.78, 5) is 0. The van der Waals surface area contributed by atoms with Gasteiger partial charge in [-0.1, -0.05) is 116 Å². The maximum Gasteiger partial charge on any atom is 0.159 e. The van der Waals surface area contributed by atoms with Crippen molar-refractivity contribution in [2.45, 2.75) is 129 Å². The first-order chi connectivity index (χ1) is 11.8. The molecule has 0 radical (unpaired) electrons. The van der Waals surface area contributed by atoms with Crippen LogP contribution in [0.3, 0.4) is 0 Å². The summed E-state index contributed by atoms with van der Waals surface area (Å²) < 4.78 is 5.01. The zero-order valence-electron chi connectivity index (χ0n) is 16.8. The van der Waals surface area contributed by atoms with E-state index in [1.165, 1.54) is 116 Å². The van der Waals surface area contributed by atoms with Crippen molar-refractivity contribution in [2.75, 3.05) is 7.11 Å². The van der Waals surface area contributed by atoms with Gasteiger partial charge in [0.25, 0.3) is 0 Å². The van der Waals surface area contributed by atoms with Gasteiger partial charge in [-0.15, -0.1) is 0 Å². The van der Waals surface area contributed by atoms with Gasteiger partial charge in [0.15, 0.2) is 5.05 Å². The molecule has 0 aliphatic heterocycles. The molecule has 0 N–H and O–H groups in total. The molecule has 0 bridgehead atoms. The molecular weight excluding hydrogens is 312 g/mol. The Labute approximate surface area is 158 Å². The number of ether oxygens (including phenoxy) is 1. The lowest BCUT2D eigenvalue weighted by molar-refractivity contribution is 0.399. The average molecular weight is 357 g/mol. The smallest absolute Gasteiger partial charge is 0.159 e. The van der Waals surface area contributed by atoms with Gasteiger partial charge in [0.2, 0.25) is 0 Å². The Kier molecular flexibility index (Phi) is 20.8. The van der Waals surface area contributed by atoms with Crippen molar-refractivity contribution in [1.82, 2.24) is 0 Å². The van der Waals surface area contributed by atoms with Crippen molar-refractivity contribution in [3.05, 3.63) is 0 Å². The molecule has 0 aliphatic rings. The molecule has 0 heterocycles. The topological polar surface area (TPSA) is 9.23 Å². The molecule has 0 aromatic heterocycles. The summed E-state index contributed by atoms with van der Waals surface area (Å²) in [5.74, 6) is 0. The predicted octanol–water partition coefficient (Wildman–Crippen LogP) is 8.39. The van der Waals surface area contributed by atoms with E-state index in [1.54, 1.807) is 7.11 Å². The molecule has 0 aromatic carbocycles. The number of unbranched alkanes of at least 4 members (excludes halogenated alkanes) is 17. The Hall–Kier alpha value is -0.110. The van der Waals surface area contributed by atoms with Crippen LogP contribution >= 0.6 is 12.2 Å². The third kappa shape index (κ3) is 19.9. The van der Waals surface area contributed by atoms with Crippen molar-refractivity contribution in [3.8, 4) is 0 Å². The molecule has 0 aliphatic carbocycles. The minimum absolute atomic E-state index is 0.770. The van der Waals surface area contributed by atoms with E-state index >= 15 is 0 Å². The van der Waals surface area contributed by atoms with Gasteiger partial charge in [-0.25, -0.2) is 0 Å². The largest absolute Gasteiger partial charge is 0.490 e. The summed E-state index contributed by atoms with van der Waals surface area (Å²) in [7, 11) is 1.68. The molecule has 144 valence electrons. The van der Waals surface area contributed by atoms with Crippen molar-refractivity contribution < 1.29 is 4.74 Å². The molecule has 0 fully saturated rings. The standard InChI is InChI=1S/C22H44OS/c1-3-4-5-6-7-8-9-10-11-12-13-14-15-16-17-18-19-20-21-22(24)23-2/h3-21H2,1-2H3. The number of methoxy groups -OCH3 is 1. The normalized spacial score (nSPS) is 10.9. The van der Waals surface area contributed by atoms with E-state index in [0.29, 0.717) is 0 Å². The summed E-state index contributed by atoms with van der Waals surface area (Å²) in [5, 5.41) is 0.770. The predicted molar refractivity (Wildman–Crippen MR) is 113 cm³/mol. The second kappa shape index (κ2) is 20.9. The van der Waals surface area contributed by atoms with Crippen LogP contribution in [0.1, 0.15) is 129 Å². The third-order valence-electron chi connectivity index (χ3n) is 4.96. The highest BCUT2D eigenvalue weighted by Gasteiger charge is 1.96. The number of thiocarbonyl (C=S) groups is 1. The number of hydrogen-bond acceptors (Lipinski definition) is 2. The van der Waals surface area contributed by atoms with Crippen LogP contribution in [0.4, 0.5) is 0 Å². The average Bonchev–Trinajstić information content (AvgIpc) is 2.60. The molecule has 0 spiro atoms. The van der Waals surface area contributed by atoms with Crippen molar-refractivity contribution in [2.24, 2.45) is 0 Å². The number of rotatable bonds is 19. The Bertz CT molecular complexity index is 252. The van der Waals surface area contributed by atoms with Gasteiger partial charge in [0, 0.05) is 6.42 Å². The van der Waals surface area contributed by atoms with E-state index in [2.05, 4.69) is 6.92 Å². The molecule has 0 saturated heterocycles. The van der Waals surface area contributed by atoms with Gasteiger partial charge in [-0.3, -0.25) is 0 Å². The molecule has 0 rings (SSSR count). The fourth-order valence-corrected chi connectivity index (χ4v) is 3.42. The molecule has 0 amide bonds. The Morgan fingerprint density at radius 1 is 0.542 bits per heavy atom. The summed E-state index contributed by atoms with van der Waals surface area (Å²) in [6.07, 6.45) is 26.5. The van der Waals surface area contributed by atoms with E-state index in [-0.39, 0.29) is 0 Å². The maximum absolute atomic E-state index is 5.05. The quantitative estimate of drug-likeness (QED) is 0.170. The highest BCUT2D eigenvalue weighted by molar-refractivity contribution is 7.80. The molecule has 2 heteroatoms. The summed E-state index contributed by atoms with van der Waals surface area (Å²) >= 11 is 5.05. The lowest BCUT2D eigenvalue weighted by Gasteiger charge is -2.04. The minimum Gasteiger partial charge on any atom is -0.490 e. The SMILES string of the molecule is CCCCCCCCCCCCCCCCCCCCC(=S)OC. The van der Waals surface area contributed by atoms with Gasteiger partial charge < -0.3 is 4.74 Å². The summed E-state index contributed by atoms with van der Waals surface area (Å²) in [5.41, 5.74) is 0. The van der Waals surface area contributed by atoms with Gasteiger partial charge in [0.05, 0.1) is 7.11 Å². The fourth-order valence-electron chi connectivity index (χ4n) is 3.27. The maximum atomic E-state index is 5.05. The van der Waals surface area contributed by atoms with Crippen LogP contribution in [0, 0.1) is 0 Å². The monoisotopic (exact) mass is 356 g/mol. The zero-order chi connectivity index (χ0) is 17.7. The Morgan fingerprint density at radius 2 is 0.833 bits per heavy atom. The van der Waals surface area contributed by atoms with E-state index in [9.17, 15) is 0 Å². The van der Waals surface area contributed by atoms with Crippen LogP contribution in [0.5, 0.6) is 0 Å². The van der Waals surface area contributed by atoms with E-state index in [1.807, 2.05) is 0 Å². The Morgan fingerprint density at radius 3 is 1.12 bits per heavy atom. The van der Waals surface area contributed by atoms with Gasteiger partial charge in [-0.05, 0) is 18.6 Å². The highest BCUT2D eigenvalue weighted by atomic mass is 32.1. The molecule has 0 atom stereocenters. The molecule has 0 unspecified atom stereocenters. The molecule has 0 saturated carbocycles. The lowest BCUT2D eigenvalue weighted by atomic mass is 10.0. The van der Waals surface area contributed by atoms with E-state index in [0.717, 1.165) is 11.5 Å². The minimum atomic E-state index is 0.770. The first-order valence-electron chi connectivity index (χ1n) is 10.9. The second-order valence-corrected chi connectivity index (χ2v) is 7.79. The second-order valence-electron chi connectivity index (χ2n) is 7.34. The molecule has 1 nitrogen and oxygen atoms in total. The Balaban J connectivity index is 2.99. The number of hydrogen-bond donors (Lipinski definition) is 0. The van der Waals surface area contributed by atoms with E-state index in [4.69, 9.17) is 17.0 Å². The van der Waals surface area contributed by atoms with Crippen molar-refractivity contribution in [1.29, 1.82) is 0 Å². The van der Waals surface area contributed by atoms with E-state index < -0.39 is 0 Å². The van der Waals surface area contributed by atoms with Gasteiger partial charge in [-0.2, -0.15) is 0 Å². The zero-order valence-corrected chi connectivity index (χ0v) is 17.6. The van der Waals surface area contributed by atoms with Crippen LogP contribution in [-0.4, -0.2) is 12.2 Å². The first-order valence-corrected chi connectivity index (χ1v) is 11.3. The summed E-state index contributed by atoms with van der Waals surface area (Å²) in [6, 6.07) is 0. The van der Waals surface area contributed by atoms with Crippen LogP contribution in [0.15, 0.2) is 0 Å². The lowest BCUT2D eigenvalue weighted by Crippen LogP contribution is -1.96. The molecular formula is C22H44OS. The van der Waals surface area contributed by atoms with Crippen LogP contribution in [0.2, 0.25) is 0 Å². The van der Waals surface area contributed by atoms with Crippen LogP contribution in [-0.2, 0) is 4.74 Å². The highest BCUT2D eigenvalue weighted by Crippen LogP contribution is 2.14. The van der Waals surface area contributed by atoms with Gasteiger partial charge >= 0.3 is 0 Å². The molecule has 0 aromatic rings. The molecule has 24 heavy (non-hydrogen) atoms. The van der Waals surface area contributed by atoms with Crippen molar-refractivity contribution >= 4 is 17.3 Å². The fraction of sp³-hybridized carbons (Fsp3) is 0.955. The first kappa shape index (κ1) is 23.9. The summed E-state index contributed by atoms with van der Waals surface area (Å²) in [6.45, 7) is 2.29. The van der Waals surface area contributed by atoms with Gasteiger partial charge in [0.1, 0.15) is 0 Å². The van der Waals surface area contributed by atoms with Crippen molar-refractivity contribution in [3.63, 3.8) is 0 Å².